The van der Waals surface area contributed by atoms with Gasteiger partial charge in [0.25, 0.3) is 0 Å². The molecule has 0 aliphatic carbocycles. The number of anilines is 1. The fraction of sp³-hybridized carbons (Fsp3) is 0.412. The zero-order valence-corrected chi connectivity index (χ0v) is 16.8. The zero-order valence-electron chi connectivity index (χ0n) is 14.5. The van der Waals surface area contributed by atoms with Crippen LogP contribution in [0.3, 0.4) is 0 Å². The number of halogens is 1. The molecule has 1 N–H and O–H groups in total. The van der Waals surface area contributed by atoms with Crippen molar-refractivity contribution in [1.29, 1.82) is 0 Å². The largest absolute Gasteiger partial charge is 0.495 e. The maximum absolute atomic E-state index is 5.47. The molecule has 0 bridgehead atoms. The Hall–Kier alpha value is -1.97. The predicted molar refractivity (Wildman–Crippen MR) is 109 cm³/mol. The Morgan fingerprint density at radius 3 is 2.64 bits per heavy atom. The normalized spacial score (nSPS) is 14.9. The van der Waals surface area contributed by atoms with E-state index in [1.54, 1.807) is 20.4 Å². The first-order chi connectivity index (χ1) is 11.8. The minimum absolute atomic E-state index is 0. The van der Waals surface area contributed by atoms with Crippen LogP contribution in [0.1, 0.15) is 5.69 Å². The molecule has 1 aromatic carbocycles. The van der Waals surface area contributed by atoms with E-state index in [2.05, 4.69) is 31.3 Å². The number of hydrogen-bond donors (Lipinski definition) is 1. The third-order valence-electron chi connectivity index (χ3n) is 4.14. The van der Waals surface area contributed by atoms with E-state index in [4.69, 9.17) is 9.26 Å². The van der Waals surface area contributed by atoms with E-state index >= 15 is 0 Å². The molecule has 1 aliphatic heterocycles. The van der Waals surface area contributed by atoms with Gasteiger partial charge in [0.1, 0.15) is 17.7 Å². The van der Waals surface area contributed by atoms with Crippen molar-refractivity contribution in [2.75, 3.05) is 45.2 Å². The molecule has 0 unspecified atom stereocenters. The molecule has 1 aromatic heterocycles. The Labute approximate surface area is 165 Å². The molecule has 2 aromatic rings. The van der Waals surface area contributed by atoms with Gasteiger partial charge in [-0.1, -0.05) is 17.3 Å². The summed E-state index contributed by atoms with van der Waals surface area (Å²) in [6, 6.07) is 9.99. The summed E-state index contributed by atoms with van der Waals surface area (Å²) in [6.45, 7) is 4.25. The number of ether oxygens (including phenoxy) is 1. The number of nitrogens with zero attached hydrogens (tertiary/aromatic N) is 4. The van der Waals surface area contributed by atoms with E-state index in [-0.39, 0.29) is 24.0 Å². The topological polar surface area (TPSA) is 66.1 Å². The number of methoxy groups -OCH3 is 1. The van der Waals surface area contributed by atoms with Crippen molar-refractivity contribution < 1.29 is 9.26 Å². The van der Waals surface area contributed by atoms with Gasteiger partial charge in [0, 0.05) is 39.3 Å². The van der Waals surface area contributed by atoms with Gasteiger partial charge < -0.3 is 24.4 Å². The summed E-state index contributed by atoms with van der Waals surface area (Å²) in [5.74, 6) is 1.80. The minimum Gasteiger partial charge on any atom is -0.495 e. The van der Waals surface area contributed by atoms with E-state index in [1.807, 2.05) is 24.3 Å². The van der Waals surface area contributed by atoms with E-state index in [9.17, 15) is 0 Å². The summed E-state index contributed by atoms with van der Waals surface area (Å²) >= 11 is 0. The third-order valence-corrected chi connectivity index (χ3v) is 4.14. The quantitative estimate of drug-likeness (QED) is 0.432. The summed E-state index contributed by atoms with van der Waals surface area (Å²) in [7, 11) is 3.52. The monoisotopic (exact) mass is 457 g/mol. The second-order valence-corrected chi connectivity index (χ2v) is 5.54. The first kappa shape index (κ1) is 19.4. The lowest BCUT2D eigenvalue weighted by Gasteiger charge is -2.38. The van der Waals surface area contributed by atoms with Crippen LogP contribution in [0.5, 0.6) is 5.75 Å². The van der Waals surface area contributed by atoms with Crippen molar-refractivity contribution in [3.8, 4) is 5.75 Å². The van der Waals surface area contributed by atoms with Crippen LogP contribution in [-0.2, 0) is 6.54 Å². The van der Waals surface area contributed by atoms with Crippen LogP contribution in [0.4, 0.5) is 5.69 Å². The lowest BCUT2D eigenvalue weighted by molar-refractivity contribution is 0.365. The van der Waals surface area contributed by atoms with Crippen LogP contribution in [0, 0.1) is 0 Å². The molecule has 1 saturated heterocycles. The lowest BCUT2D eigenvalue weighted by atomic mass is 10.2. The molecule has 7 nitrogen and oxygen atoms in total. The summed E-state index contributed by atoms with van der Waals surface area (Å²) in [5.41, 5.74) is 2.01. The Bertz CT molecular complexity index is 669. The Morgan fingerprint density at radius 2 is 2.00 bits per heavy atom. The second kappa shape index (κ2) is 9.50. The maximum Gasteiger partial charge on any atom is 0.194 e. The van der Waals surface area contributed by atoms with Crippen molar-refractivity contribution in [2.24, 2.45) is 4.99 Å². The maximum atomic E-state index is 5.47. The molecule has 0 saturated carbocycles. The molecular formula is C17H24IN5O2. The van der Waals surface area contributed by atoms with Gasteiger partial charge in [0.15, 0.2) is 5.96 Å². The number of hydrogen-bond acceptors (Lipinski definition) is 5. The summed E-state index contributed by atoms with van der Waals surface area (Å²) < 4.78 is 10.3. The summed E-state index contributed by atoms with van der Waals surface area (Å²) in [4.78, 5) is 8.98. The fourth-order valence-corrected chi connectivity index (χ4v) is 2.88. The average molecular weight is 457 g/mol. The van der Waals surface area contributed by atoms with Gasteiger partial charge in [-0.2, -0.15) is 0 Å². The van der Waals surface area contributed by atoms with Gasteiger partial charge in [0.2, 0.25) is 0 Å². The first-order valence-corrected chi connectivity index (χ1v) is 8.04. The molecule has 136 valence electrons. The van der Waals surface area contributed by atoms with Crippen LogP contribution in [0.25, 0.3) is 0 Å². The number of guanidine groups is 1. The van der Waals surface area contributed by atoms with Crippen molar-refractivity contribution in [1.82, 2.24) is 15.4 Å². The highest BCUT2D eigenvalue weighted by Gasteiger charge is 2.21. The number of aromatic nitrogens is 1. The first-order valence-electron chi connectivity index (χ1n) is 8.04. The Balaban J connectivity index is 0.00000225. The Kier molecular flexibility index (Phi) is 7.35. The second-order valence-electron chi connectivity index (χ2n) is 5.54. The van der Waals surface area contributed by atoms with Crippen molar-refractivity contribution in [2.45, 2.75) is 6.54 Å². The van der Waals surface area contributed by atoms with E-state index in [1.165, 1.54) is 0 Å². The molecule has 3 rings (SSSR count). The average Bonchev–Trinajstić information content (AvgIpc) is 3.16. The van der Waals surface area contributed by atoms with Crippen LogP contribution >= 0.6 is 24.0 Å². The van der Waals surface area contributed by atoms with Gasteiger partial charge in [0.05, 0.1) is 19.3 Å². The molecule has 0 amide bonds. The van der Waals surface area contributed by atoms with E-state index in [0.29, 0.717) is 6.54 Å². The van der Waals surface area contributed by atoms with Crippen LogP contribution in [0.2, 0.25) is 0 Å². The van der Waals surface area contributed by atoms with Crippen LogP contribution < -0.4 is 15.0 Å². The lowest BCUT2D eigenvalue weighted by Crippen LogP contribution is -2.52. The van der Waals surface area contributed by atoms with Gasteiger partial charge >= 0.3 is 0 Å². The van der Waals surface area contributed by atoms with Gasteiger partial charge in [-0.25, -0.2) is 0 Å². The van der Waals surface area contributed by atoms with Gasteiger partial charge in [-0.15, -0.1) is 24.0 Å². The molecule has 0 spiro atoms. The zero-order chi connectivity index (χ0) is 16.8. The molecule has 1 aliphatic rings. The highest BCUT2D eigenvalue weighted by Crippen LogP contribution is 2.28. The minimum atomic E-state index is 0. The number of nitrogens with one attached hydrogen (secondary N) is 1. The molecule has 2 heterocycles. The predicted octanol–water partition coefficient (Wildman–Crippen LogP) is 2.20. The number of aliphatic imine (C=N–C) groups is 1. The summed E-state index contributed by atoms with van der Waals surface area (Å²) in [6.07, 6.45) is 1.58. The van der Waals surface area contributed by atoms with Crippen molar-refractivity contribution in [3.63, 3.8) is 0 Å². The number of piperazine rings is 1. The molecule has 1 fully saturated rings. The highest BCUT2D eigenvalue weighted by atomic mass is 127. The SMILES string of the molecule is CN=C(NCc1ccon1)N1CCN(c2ccccc2OC)CC1.I. The number of para-hydroxylation sites is 2. The smallest absolute Gasteiger partial charge is 0.194 e. The third kappa shape index (κ3) is 4.77. The molecule has 0 radical (unpaired) electrons. The molecular weight excluding hydrogens is 433 g/mol. The van der Waals surface area contributed by atoms with E-state index < -0.39 is 0 Å². The summed E-state index contributed by atoms with van der Waals surface area (Å²) in [5, 5.41) is 7.23. The van der Waals surface area contributed by atoms with E-state index in [0.717, 1.165) is 49.3 Å². The standard InChI is InChI=1S/C17H23N5O2.HI/c1-18-17(19-13-14-7-12-24-20-14)22-10-8-21(9-11-22)15-5-3-4-6-16(15)23-2;/h3-7,12H,8-11,13H2,1-2H3,(H,18,19);1H. The van der Waals surface area contributed by atoms with Crippen molar-refractivity contribution in [3.05, 3.63) is 42.3 Å². The fourth-order valence-electron chi connectivity index (χ4n) is 2.88. The van der Waals surface area contributed by atoms with Gasteiger partial charge in [-0.05, 0) is 12.1 Å². The number of rotatable bonds is 4. The molecule has 0 atom stereocenters. The molecule has 8 heteroatoms. The van der Waals surface area contributed by atoms with Crippen LogP contribution in [0.15, 0.2) is 46.1 Å². The van der Waals surface area contributed by atoms with Gasteiger partial charge in [-0.3, -0.25) is 4.99 Å². The number of benzene rings is 1. The highest BCUT2D eigenvalue weighted by molar-refractivity contribution is 14.0. The van der Waals surface area contributed by atoms with Crippen molar-refractivity contribution >= 4 is 35.6 Å². The van der Waals surface area contributed by atoms with Crippen LogP contribution in [-0.4, -0.2) is 56.4 Å². The molecule has 25 heavy (non-hydrogen) atoms. The Morgan fingerprint density at radius 1 is 1.24 bits per heavy atom.